The van der Waals surface area contributed by atoms with E-state index in [1.165, 1.54) is 23.5 Å². The van der Waals surface area contributed by atoms with Crippen molar-refractivity contribution in [3.05, 3.63) is 30.3 Å². The molecule has 1 aromatic carbocycles. The minimum absolute atomic E-state index is 0.204. The largest absolute Gasteiger partial charge is 0.468 e. The van der Waals surface area contributed by atoms with E-state index < -0.39 is 22.0 Å². The van der Waals surface area contributed by atoms with Crippen LogP contribution >= 0.6 is 11.8 Å². The molecule has 5 nitrogen and oxygen atoms in total. The summed E-state index contributed by atoms with van der Waals surface area (Å²) in [5, 5.41) is 0. The molecule has 0 bridgehead atoms. The van der Waals surface area contributed by atoms with Gasteiger partial charge in [0.2, 0.25) is 10.0 Å². The first-order valence-corrected chi connectivity index (χ1v) is 8.39. The molecule has 0 spiro atoms. The summed E-state index contributed by atoms with van der Waals surface area (Å²) in [4.78, 5) is 11.9. The zero-order chi connectivity index (χ0) is 13.9. The van der Waals surface area contributed by atoms with E-state index in [-0.39, 0.29) is 4.90 Å². The summed E-state index contributed by atoms with van der Waals surface area (Å²) in [6, 6.07) is 7.41. The maximum atomic E-state index is 12.5. The lowest BCUT2D eigenvalue weighted by Crippen LogP contribution is -2.50. The fourth-order valence-electron chi connectivity index (χ4n) is 1.93. The minimum Gasteiger partial charge on any atom is -0.468 e. The standard InChI is InChI=1S/C12H15NO4S2/c1-17-12(14)11-9-18-8-7-13(11)19(15,16)10-5-3-2-4-6-10/h2-6,11H,7-9H2,1H3. The van der Waals surface area contributed by atoms with Gasteiger partial charge in [-0.15, -0.1) is 0 Å². The van der Waals surface area contributed by atoms with Crippen LogP contribution in [0, 0.1) is 0 Å². The van der Waals surface area contributed by atoms with Crippen LogP contribution in [0.25, 0.3) is 0 Å². The Hall–Kier alpha value is -1.05. The first-order valence-electron chi connectivity index (χ1n) is 5.80. The number of carbonyl (C=O) groups excluding carboxylic acids is 1. The molecule has 1 aliphatic rings. The lowest BCUT2D eigenvalue weighted by atomic mass is 10.3. The number of hydrogen-bond donors (Lipinski definition) is 0. The maximum Gasteiger partial charge on any atom is 0.325 e. The average molecular weight is 301 g/mol. The minimum atomic E-state index is -3.65. The Bertz CT molecular complexity index is 544. The second-order valence-corrected chi connectivity index (χ2v) is 7.08. The molecule has 0 N–H and O–H groups in total. The predicted octanol–water partition coefficient (Wildman–Crippen LogP) is 0.966. The van der Waals surface area contributed by atoms with Crippen LogP contribution in [-0.4, -0.2) is 49.9 Å². The van der Waals surface area contributed by atoms with Gasteiger partial charge in [0.1, 0.15) is 6.04 Å². The van der Waals surface area contributed by atoms with Crippen molar-refractivity contribution < 1.29 is 17.9 Å². The molecular formula is C12H15NO4S2. The number of sulfonamides is 1. The van der Waals surface area contributed by atoms with Gasteiger partial charge in [0.25, 0.3) is 0 Å². The number of esters is 1. The van der Waals surface area contributed by atoms with Crippen LogP contribution in [0.4, 0.5) is 0 Å². The first kappa shape index (κ1) is 14.4. The van der Waals surface area contributed by atoms with E-state index in [0.717, 1.165) is 0 Å². The fourth-order valence-corrected chi connectivity index (χ4v) is 4.77. The summed E-state index contributed by atoms with van der Waals surface area (Å²) in [6.45, 7) is 0.321. The van der Waals surface area contributed by atoms with Gasteiger partial charge in [-0.05, 0) is 12.1 Å². The highest BCUT2D eigenvalue weighted by Crippen LogP contribution is 2.25. The van der Waals surface area contributed by atoms with Crippen LogP contribution in [0.3, 0.4) is 0 Å². The monoisotopic (exact) mass is 301 g/mol. The van der Waals surface area contributed by atoms with Crippen LogP contribution in [0.2, 0.25) is 0 Å². The lowest BCUT2D eigenvalue weighted by Gasteiger charge is -2.32. The predicted molar refractivity (Wildman–Crippen MR) is 73.5 cm³/mol. The molecule has 1 aliphatic heterocycles. The molecule has 0 amide bonds. The summed E-state index contributed by atoms with van der Waals surface area (Å²) in [6.07, 6.45) is 0. The third-order valence-electron chi connectivity index (χ3n) is 2.90. The zero-order valence-electron chi connectivity index (χ0n) is 10.5. The SMILES string of the molecule is COC(=O)C1CSCCN1S(=O)(=O)c1ccccc1. The highest BCUT2D eigenvalue weighted by atomic mass is 32.2. The number of ether oxygens (including phenoxy) is 1. The van der Waals surface area contributed by atoms with Crippen LogP contribution in [-0.2, 0) is 19.6 Å². The molecule has 1 aromatic rings. The van der Waals surface area contributed by atoms with Crippen molar-refractivity contribution in [3.8, 4) is 0 Å². The highest BCUT2D eigenvalue weighted by Gasteiger charge is 2.38. The normalized spacial score (nSPS) is 21.0. The lowest BCUT2D eigenvalue weighted by molar-refractivity contribution is -0.144. The van der Waals surface area contributed by atoms with E-state index in [1.54, 1.807) is 30.0 Å². The Labute approximate surface area is 117 Å². The molecule has 104 valence electrons. The van der Waals surface area contributed by atoms with E-state index in [1.807, 2.05) is 0 Å². The van der Waals surface area contributed by atoms with E-state index in [2.05, 4.69) is 0 Å². The Morgan fingerprint density at radius 3 is 2.68 bits per heavy atom. The van der Waals surface area contributed by atoms with Gasteiger partial charge >= 0.3 is 5.97 Å². The molecule has 0 aromatic heterocycles. The van der Waals surface area contributed by atoms with E-state index >= 15 is 0 Å². The quantitative estimate of drug-likeness (QED) is 0.778. The van der Waals surface area contributed by atoms with Crippen molar-refractivity contribution in [3.63, 3.8) is 0 Å². The fraction of sp³-hybridized carbons (Fsp3) is 0.417. The molecule has 1 heterocycles. The number of nitrogens with zero attached hydrogens (tertiary/aromatic N) is 1. The number of benzene rings is 1. The number of hydrogen-bond acceptors (Lipinski definition) is 5. The molecule has 2 rings (SSSR count). The Kier molecular flexibility index (Phi) is 4.49. The molecule has 0 aliphatic carbocycles. The topological polar surface area (TPSA) is 63.7 Å². The highest BCUT2D eigenvalue weighted by molar-refractivity contribution is 7.99. The van der Waals surface area contributed by atoms with Crippen LogP contribution in [0.15, 0.2) is 35.2 Å². The summed E-state index contributed by atoms with van der Waals surface area (Å²) in [5.74, 6) is 0.602. The number of thioether (sulfide) groups is 1. The molecule has 1 atom stereocenters. The number of carbonyl (C=O) groups is 1. The van der Waals surface area contributed by atoms with Gasteiger partial charge in [-0.2, -0.15) is 16.1 Å². The molecule has 1 unspecified atom stereocenters. The molecule has 1 fully saturated rings. The van der Waals surface area contributed by atoms with Gasteiger partial charge in [0.15, 0.2) is 0 Å². The average Bonchev–Trinajstić information content (AvgIpc) is 2.47. The molecule has 0 radical (unpaired) electrons. The van der Waals surface area contributed by atoms with Gasteiger partial charge in [-0.1, -0.05) is 18.2 Å². The second kappa shape index (κ2) is 5.94. The Morgan fingerprint density at radius 2 is 2.05 bits per heavy atom. The van der Waals surface area contributed by atoms with Gasteiger partial charge in [-0.25, -0.2) is 8.42 Å². The zero-order valence-corrected chi connectivity index (χ0v) is 12.1. The molecule has 1 saturated heterocycles. The Morgan fingerprint density at radius 1 is 1.37 bits per heavy atom. The second-order valence-electron chi connectivity index (χ2n) is 4.04. The van der Waals surface area contributed by atoms with Crippen molar-refractivity contribution in [1.82, 2.24) is 4.31 Å². The molecule has 0 saturated carbocycles. The number of methoxy groups -OCH3 is 1. The molecule has 19 heavy (non-hydrogen) atoms. The van der Waals surface area contributed by atoms with Crippen molar-refractivity contribution in [2.75, 3.05) is 25.2 Å². The van der Waals surface area contributed by atoms with Gasteiger partial charge in [0.05, 0.1) is 12.0 Å². The van der Waals surface area contributed by atoms with Crippen molar-refractivity contribution >= 4 is 27.8 Å². The summed E-state index contributed by atoms with van der Waals surface area (Å²) < 4.78 is 31.0. The number of rotatable bonds is 3. The van der Waals surface area contributed by atoms with Crippen molar-refractivity contribution in [2.24, 2.45) is 0 Å². The van der Waals surface area contributed by atoms with Crippen molar-refractivity contribution in [2.45, 2.75) is 10.9 Å². The summed E-state index contributed by atoms with van der Waals surface area (Å²) >= 11 is 1.55. The summed E-state index contributed by atoms with van der Waals surface area (Å²) in [7, 11) is -2.37. The van der Waals surface area contributed by atoms with E-state index in [9.17, 15) is 13.2 Å². The Balaban J connectivity index is 2.35. The van der Waals surface area contributed by atoms with Gasteiger partial charge < -0.3 is 4.74 Å². The first-order chi connectivity index (χ1) is 9.07. The van der Waals surface area contributed by atoms with Crippen LogP contribution < -0.4 is 0 Å². The molecule has 7 heteroatoms. The van der Waals surface area contributed by atoms with Gasteiger partial charge in [0, 0.05) is 18.1 Å². The van der Waals surface area contributed by atoms with Gasteiger partial charge in [-0.3, -0.25) is 4.79 Å². The van der Waals surface area contributed by atoms with E-state index in [0.29, 0.717) is 18.1 Å². The third-order valence-corrected chi connectivity index (χ3v) is 5.85. The van der Waals surface area contributed by atoms with Crippen LogP contribution in [0.1, 0.15) is 0 Å². The third kappa shape index (κ3) is 2.93. The summed E-state index contributed by atoms with van der Waals surface area (Å²) in [5.41, 5.74) is 0. The van der Waals surface area contributed by atoms with Crippen molar-refractivity contribution in [1.29, 1.82) is 0 Å². The van der Waals surface area contributed by atoms with Crippen LogP contribution in [0.5, 0.6) is 0 Å². The molecular weight excluding hydrogens is 286 g/mol. The maximum absolute atomic E-state index is 12.5. The van der Waals surface area contributed by atoms with E-state index in [4.69, 9.17) is 4.74 Å². The smallest absolute Gasteiger partial charge is 0.325 e.